The van der Waals surface area contributed by atoms with Gasteiger partial charge in [0.15, 0.2) is 5.16 Å². The molecule has 0 saturated carbocycles. The highest BCUT2D eigenvalue weighted by molar-refractivity contribution is 7.98. The van der Waals surface area contributed by atoms with Crippen LogP contribution in [0.15, 0.2) is 47.8 Å². The second kappa shape index (κ2) is 10.9. The van der Waals surface area contributed by atoms with Gasteiger partial charge in [0.25, 0.3) is 0 Å². The number of carbonyl (C=O) groups excluding carboxylic acids is 1. The van der Waals surface area contributed by atoms with E-state index in [0.717, 1.165) is 73.5 Å². The molecule has 33 heavy (non-hydrogen) atoms. The number of imidazole rings is 1. The normalized spacial score (nSPS) is 14.4. The van der Waals surface area contributed by atoms with E-state index in [0.29, 0.717) is 5.82 Å². The molecule has 0 atom stereocenters. The van der Waals surface area contributed by atoms with Gasteiger partial charge >= 0.3 is 0 Å². The Morgan fingerprint density at radius 1 is 1.15 bits per heavy atom. The summed E-state index contributed by atoms with van der Waals surface area (Å²) in [5, 5.41) is 3.65. The molecular formula is C24H28FN5O2S. The van der Waals surface area contributed by atoms with Gasteiger partial charge in [0.2, 0.25) is 5.91 Å². The molecule has 0 radical (unpaired) electrons. The summed E-state index contributed by atoms with van der Waals surface area (Å²) in [5.74, 6) is 0.0197. The minimum absolute atomic E-state index is 0.178. The molecule has 0 unspecified atom stereocenters. The van der Waals surface area contributed by atoms with Crippen molar-refractivity contribution in [3.8, 4) is 22.5 Å². The number of rotatable bonds is 8. The van der Waals surface area contributed by atoms with Gasteiger partial charge in [-0.25, -0.2) is 14.4 Å². The van der Waals surface area contributed by atoms with E-state index >= 15 is 0 Å². The zero-order chi connectivity index (χ0) is 23.2. The number of ether oxygens (including phenoxy) is 1. The first-order valence-corrected chi connectivity index (χ1v) is 12.2. The molecule has 1 N–H and O–H groups in total. The van der Waals surface area contributed by atoms with E-state index < -0.39 is 0 Å². The number of aromatic nitrogens is 3. The Kier molecular flexibility index (Phi) is 7.74. The number of amides is 1. The first-order chi connectivity index (χ1) is 16.0. The van der Waals surface area contributed by atoms with E-state index in [4.69, 9.17) is 9.72 Å². The quantitative estimate of drug-likeness (QED) is 0.500. The highest BCUT2D eigenvalue weighted by Gasteiger charge is 2.21. The zero-order valence-electron chi connectivity index (χ0n) is 18.9. The van der Waals surface area contributed by atoms with Crippen LogP contribution in [-0.4, -0.2) is 64.4 Å². The van der Waals surface area contributed by atoms with Crippen LogP contribution in [0.1, 0.15) is 13.3 Å². The topological polar surface area (TPSA) is 72.3 Å². The summed E-state index contributed by atoms with van der Waals surface area (Å²) < 4.78 is 21.3. The Labute approximate surface area is 197 Å². The van der Waals surface area contributed by atoms with Crippen molar-refractivity contribution in [2.45, 2.75) is 25.0 Å². The van der Waals surface area contributed by atoms with Gasteiger partial charge in [-0.1, -0.05) is 11.8 Å². The van der Waals surface area contributed by atoms with E-state index in [2.05, 4.69) is 19.8 Å². The molecule has 174 valence electrons. The maximum atomic E-state index is 13.6. The maximum absolute atomic E-state index is 13.6. The Morgan fingerprint density at radius 3 is 2.61 bits per heavy atom. The van der Waals surface area contributed by atoms with Crippen LogP contribution in [0, 0.1) is 5.82 Å². The molecule has 3 heterocycles. The first kappa shape index (κ1) is 23.4. The summed E-state index contributed by atoms with van der Waals surface area (Å²) in [6.07, 6.45) is 4.65. The van der Waals surface area contributed by atoms with Crippen LogP contribution < -0.4 is 5.32 Å². The number of hydrogen-bond donors (Lipinski definition) is 1. The fourth-order valence-electron chi connectivity index (χ4n) is 4.00. The van der Waals surface area contributed by atoms with E-state index in [1.165, 1.54) is 19.1 Å². The van der Waals surface area contributed by atoms with Gasteiger partial charge in [0.1, 0.15) is 11.6 Å². The van der Waals surface area contributed by atoms with Crippen molar-refractivity contribution in [3.63, 3.8) is 0 Å². The molecule has 0 bridgehead atoms. The molecule has 0 spiro atoms. The number of anilines is 1. The summed E-state index contributed by atoms with van der Waals surface area (Å²) in [6.45, 7) is 6.70. The second-order valence-corrected chi connectivity index (χ2v) is 8.65. The number of halogens is 1. The number of carbonyl (C=O) groups is 1. The average molecular weight is 470 g/mol. The van der Waals surface area contributed by atoms with Gasteiger partial charge in [0.05, 0.1) is 24.6 Å². The lowest BCUT2D eigenvalue weighted by atomic mass is 10.1. The molecule has 9 heteroatoms. The van der Waals surface area contributed by atoms with Crippen molar-refractivity contribution >= 4 is 23.5 Å². The Balaban J connectivity index is 1.72. The third kappa shape index (κ3) is 5.79. The number of benzene rings is 1. The molecular weight excluding hydrogens is 441 g/mol. The van der Waals surface area contributed by atoms with Gasteiger partial charge in [-0.3, -0.25) is 9.69 Å². The van der Waals surface area contributed by atoms with Crippen molar-refractivity contribution in [1.29, 1.82) is 0 Å². The highest BCUT2D eigenvalue weighted by atomic mass is 32.2. The summed E-state index contributed by atoms with van der Waals surface area (Å²) in [5.41, 5.74) is 3.45. The first-order valence-electron chi connectivity index (χ1n) is 11.0. The van der Waals surface area contributed by atoms with E-state index in [9.17, 15) is 9.18 Å². The SMILES string of the molecule is CSc1nc(-c2ccc(F)cc2)c(-c2ccnc(NC(C)=O)c2)n1CCCN1CCOCC1. The molecule has 1 aliphatic heterocycles. The molecule has 1 aromatic carbocycles. The van der Waals surface area contributed by atoms with Crippen LogP contribution in [0.2, 0.25) is 0 Å². The molecule has 1 fully saturated rings. The van der Waals surface area contributed by atoms with E-state index in [1.807, 2.05) is 18.4 Å². The smallest absolute Gasteiger partial charge is 0.222 e. The minimum atomic E-state index is -0.285. The van der Waals surface area contributed by atoms with Crippen LogP contribution in [0.25, 0.3) is 22.5 Å². The number of thioether (sulfide) groups is 1. The second-order valence-electron chi connectivity index (χ2n) is 7.87. The summed E-state index contributed by atoms with van der Waals surface area (Å²) in [6, 6.07) is 10.2. The van der Waals surface area contributed by atoms with Crippen LogP contribution in [0.5, 0.6) is 0 Å². The fourth-order valence-corrected chi connectivity index (χ4v) is 4.59. The largest absolute Gasteiger partial charge is 0.379 e. The zero-order valence-corrected chi connectivity index (χ0v) is 19.7. The predicted octanol–water partition coefficient (Wildman–Crippen LogP) is 4.15. The van der Waals surface area contributed by atoms with Crippen molar-refractivity contribution in [2.75, 3.05) is 44.4 Å². The summed E-state index contributed by atoms with van der Waals surface area (Å²) >= 11 is 1.58. The van der Waals surface area contributed by atoms with E-state index in [1.54, 1.807) is 30.1 Å². The van der Waals surface area contributed by atoms with Crippen LogP contribution in [0.3, 0.4) is 0 Å². The lowest BCUT2D eigenvalue weighted by Crippen LogP contribution is -2.37. The molecule has 4 rings (SSSR count). The third-order valence-electron chi connectivity index (χ3n) is 5.53. The molecule has 7 nitrogen and oxygen atoms in total. The summed E-state index contributed by atoms with van der Waals surface area (Å²) in [4.78, 5) is 23.2. The third-order valence-corrected chi connectivity index (χ3v) is 6.21. The maximum Gasteiger partial charge on any atom is 0.222 e. The van der Waals surface area contributed by atoms with Crippen molar-refractivity contribution in [1.82, 2.24) is 19.4 Å². The predicted molar refractivity (Wildman–Crippen MR) is 129 cm³/mol. The van der Waals surface area contributed by atoms with Crippen LogP contribution in [0.4, 0.5) is 10.2 Å². The van der Waals surface area contributed by atoms with Crippen LogP contribution in [-0.2, 0) is 16.1 Å². The van der Waals surface area contributed by atoms with Crippen molar-refractivity contribution in [2.24, 2.45) is 0 Å². The van der Waals surface area contributed by atoms with Crippen LogP contribution >= 0.6 is 11.8 Å². The minimum Gasteiger partial charge on any atom is -0.379 e. The summed E-state index contributed by atoms with van der Waals surface area (Å²) in [7, 11) is 0. The van der Waals surface area contributed by atoms with Crippen molar-refractivity contribution in [3.05, 3.63) is 48.4 Å². The average Bonchev–Trinajstić information content (AvgIpc) is 3.18. The Hall–Kier alpha value is -2.75. The fraction of sp³-hybridized carbons (Fsp3) is 0.375. The molecule has 3 aromatic rings. The van der Waals surface area contributed by atoms with Crippen molar-refractivity contribution < 1.29 is 13.9 Å². The number of nitrogens with zero attached hydrogens (tertiary/aromatic N) is 4. The number of pyridine rings is 1. The van der Waals surface area contributed by atoms with E-state index in [-0.39, 0.29) is 11.7 Å². The Bertz CT molecular complexity index is 1100. The van der Waals surface area contributed by atoms with Gasteiger partial charge in [-0.2, -0.15) is 0 Å². The lowest BCUT2D eigenvalue weighted by molar-refractivity contribution is -0.114. The monoisotopic (exact) mass is 469 g/mol. The standard InChI is InChI=1S/C24H28FN5O2S/c1-17(31)27-21-16-19(8-9-26-21)23-22(18-4-6-20(25)7-5-18)28-24(33-2)30(23)11-3-10-29-12-14-32-15-13-29/h4-9,16H,3,10-15H2,1-2H3,(H,26,27,31). The lowest BCUT2D eigenvalue weighted by Gasteiger charge is -2.26. The molecule has 1 amide bonds. The van der Waals surface area contributed by atoms with Gasteiger partial charge in [-0.15, -0.1) is 0 Å². The number of hydrogen-bond acceptors (Lipinski definition) is 6. The highest BCUT2D eigenvalue weighted by Crippen LogP contribution is 2.36. The molecule has 1 saturated heterocycles. The molecule has 0 aliphatic carbocycles. The Morgan fingerprint density at radius 2 is 1.91 bits per heavy atom. The van der Waals surface area contributed by atoms with Gasteiger partial charge in [0, 0.05) is 50.4 Å². The molecule has 2 aromatic heterocycles. The molecule has 1 aliphatic rings. The van der Waals surface area contributed by atoms with Gasteiger partial charge in [-0.05, 0) is 49.1 Å². The van der Waals surface area contributed by atoms with Gasteiger partial charge < -0.3 is 14.6 Å². The number of morpholine rings is 1. The number of nitrogens with one attached hydrogen (secondary N) is 1.